The number of ketones is 1. The number of hydrogen-bond acceptors (Lipinski definition) is 5. The van der Waals surface area contributed by atoms with Gasteiger partial charge in [-0.25, -0.2) is 0 Å². The number of aromatic amines is 1. The number of piperidine rings is 1. The van der Waals surface area contributed by atoms with E-state index >= 15 is 0 Å². The van der Waals surface area contributed by atoms with Crippen molar-refractivity contribution in [1.82, 2.24) is 14.9 Å². The van der Waals surface area contributed by atoms with Crippen LogP contribution in [0, 0.1) is 29.1 Å². The summed E-state index contributed by atoms with van der Waals surface area (Å²) in [4.78, 5) is 35.8. The molecular weight excluding hydrogens is 546 g/mol. The summed E-state index contributed by atoms with van der Waals surface area (Å²) in [6.45, 7) is 10.4. The predicted molar refractivity (Wildman–Crippen MR) is 174 cm³/mol. The van der Waals surface area contributed by atoms with Crippen molar-refractivity contribution in [3.63, 3.8) is 0 Å². The highest BCUT2D eigenvalue weighted by atomic mass is 16.3. The van der Waals surface area contributed by atoms with Crippen LogP contribution in [0.15, 0.2) is 59.0 Å². The van der Waals surface area contributed by atoms with Gasteiger partial charge in [0.2, 0.25) is 5.56 Å². The van der Waals surface area contributed by atoms with Crippen LogP contribution in [0.2, 0.25) is 0 Å². The lowest BCUT2D eigenvalue weighted by atomic mass is 9.71. The maximum atomic E-state index is 13.9. The molecule has 3 aliphatic carbocycles. The monoisotopic (exact) mass is 591 g/mol. The maximum absolute atomic E-state index is 13.9. The minimum Gasteiger partial charge on any atom is -0.396 e. The number of nitrogens with zero attached hydrogens (tertiary/aromatic N) is 2. The molecule has 1 saturated carbocycles. The molecule has 1 saturated heterocycles. The summed E-state index contributed by atoms with van der Waals surface area (Å²) in [7, 11) is 0. The molecule has 1 aromatic carbocycles. The Morgan fingerprint density at radius 3 is 2.50 bits per heavy atom. The number of carbonyl (C=O) groups excluding carboxylic acids is 1. The molecule has 0 amide bonds. The first-order valence-electron chi connectivity index (χ1n) is 16.5. The number of H-pyrrole nitrogens is 1. The van der Waals surface area contributed by atoms with Crippen molar-refractivity contribution in [3.05, 3.63) is 92.7 Å². The van der Waals surface area contributed by atoms with Crippen molar-refractivity contribution in [2.24, 2.45) is 29.1 Å². The number of allylic oxidation sites excluding steroid dienone is 1. The maximum Gasteiger partial charge on any atom is 0.247 e. The fourth-order valence-corrected chi connectivity index (χ4v) is 8.14. The number of aliphatic hydroxyl groups excluding tert-OH is 1. The molecule has 2 fully saturated rings. The number of nitrogens with one attached hydrogen (secondary N) is 1. The van der Waals surface area contributed by atoms with Crippen molar-refractivity contribution in [2.45, 2.75) is 65.2 Å². The third-order valence-corrected chi connectivity index (χ3v) is 11.2. The highest BCUT2D eigenvalue weighted by Gasteiger charge is 2.54. The van der Waals surface area contributed by atoms with E-state index in [0.717, 1.165) is 66.9 Å². The van der Waals surface area contributed by atoms with Gasteiger partial charge in [-0.1, -0.05) is 45.0 Å². The Kier molecular flexibility index (Phi) is 7.70. The molecule has 4 atom stereocenters. The number of fused-ring (bicyclic) bond motifs is 3. The number of aryl methyl sites for hydroxylation is 1. The lowest BCUT2D eigenvalue weighted by Crippen LogP contribution is -2.28. The second-order valence-corrected chi connectivity index (χ2v) is 14.9. The molecule has 2 unspecified atom stereocenters. The third-order valence-electron chi connectivity index (χ3n) is 11.2. The van der Waals surface area contributed by atoms with Crippen LogP contribution in [0.3, 0.4) is 0 Å². The molecule has 4 aliphatic rings. The van der Waals surface area contributed by atoms with Gasteiger partial charge in [-0.3, -0.25) is 14.6 Å². The molecule has 44 heavy (non-hydrogen) atoms. The van der Waals surface area contributed by atoms with Crippen molar-refractivity contribution in [3.8, 4) is 11.1 Å². The molecular formula is C38H45N3O3. The SMILES string of the molecule is CC(C)(C)[C@H]1CCc2nc3c(cc2C1)C=C(C(=O)C[C@H](CCN1CC2C(CO)C2C1)c1ccc(-c2ccc(=O)[nH]c2)cc1)C3. The van der Waals surface area contributed by atoms with Gasteiger partial charge in [0.1, 0.15) is 0 Å². The van der Waals surface area contributed by atoms with E-state index in [2.05, 4.69) is 67.1 Å². The molecule has 2 aromatic heterocycles. The normalized spacial score (nSPS) is 24.8. The van der Waals surface area contributed by atoms with E-state index < -0.39 is 0 Å². The van der Waals surface area contributed by atoms with Crippen LogP contribution >= 0.6 is 0 Å². The second-order valence-electron chi connectivity index (χ2n) is 14.9. The summed E-state index contributed by atoms with van der Waals surface area (Å²) in [5, 5.41) is 9.57. The predicted octanol–water partition coefficient (Wildman–Crippen LogP) is 5.83. The van der Waals surface area contributed by atoms with Gasteiger partial charge in [0, 0.05) is 56.1 Å². The summed E-state index contributed by atoms with van der Waals surface area (Å²) < 4.78 is 0. The lowest BCUT2D eigenvalue weighted by molar-refractivity contribution is -0.116. The zero-order valence-electron chi connectivity index (χ0n) is 26.3. The Balaban J connectivity index is 1.07. The number of aromatic nitrogens is 2. The molecule has 0 radical (unpaired) electrons. The van der Waals surface area contributed by atoms with Crippen molar-refractivity contribution in [2.75, 3.05) is 26.2 Å². The number of pyridine rings is 2. The Hall–Kier alpha value is -3.35. The molecule has 3 heterocycles. The Morgan fingerprint density at radius 2 is 1.82 bits per heavy atom. The van der Waals surface area contributed by atoms with E-state index in [0.29, 0.717) is 43.1 Å². The molecule has 7 rings (SSSR count). The summed E-state index contributed by atoms with van der Waals surface area (Å²) in [5.74, 6) is 2.81. The fraction of sp³-hybridized carbons (Fsp3) is 0.500. The number of likely N-dealkylation sites (tertiary alicyclic amines) is 1. The number of Topliss-reactive ketones (excluding diaryl/α,β-unsaturated/α-hetero) is 1. The number of benzene rings is 1. The summed E-state index contributed by atoms with van der Waals surface area (Å²) in [6, 6.07) is 14.2. The average Bonchev–Trinajstić information content (AvgIpc) is 3.29. The van der Waals surface area contributed by atoms with Crippen LogP contribution in [-0.4, -0.2) is 52.0 Å². The first-order valence-corrected chi connectivity index (χ1v) is 16.5. The smallest absolute Gasteiger partial charge is 0.247 e. The molecule has 6 nitrogen and oxygen atoms in total. The van der Waals surface area contributed by atoms with Crippen LogP contribution in [0.4, 0.5) is 0 Å². The van der Waals surface area contributed by atoms with E-state index in [1.807, 2.05) is 6.07 Å². The van der Waals surface area contributed by atoms with Gasteiger partial charge in [0.15, 0.2) is 5.78 Å². The van der Waals surface area contributed by atoms with Crippen LogP contribution in [0.25, 0.3) is 17.2 Å². The first-order chi connectivity index (χ1) is 21.2. The molecule has 230 valence electrons. The van der Waals surface area contributed by atoms with Gasteiger partial charge >= 0.3 is 0 Å². The minimum atomic E-state index is -0.110. The summed E-state index contributed by atoms with van der Waals surface area (Å²) in [5.41, 5.74) is 9.08. The molecule has 2 N–H and O–H groups in total. The van der Waals surface area contributed by atoms with Gasteiger partial charge < -0.3 is 15.0 Å². The van der Waals surface area contributed by atoms with Crippen LogP contribution in [-0.2, 0) is 24.1 Å². The molecule has 0 bridgehead atoms. The van der Waals surface area contributed by atoms with Crippen molar-refractivity contribution >= 4 is 11.9 Å². The second kappa shape index (κ2) is 11.5. The standard InChI is InChI=1S/C38H45N3O3/c1-38(2,3)30-9-10-34-28(16-30)14-27-15-29(17-35(27)40-34)36(43)18-25(12-13-41-20-31-32(21-41)33(31)22-42)23-4-6-24(7-5-23)26-8-11-37(44)39-19-26/h4-8,11,14-15,19,25,30-33,42H,9-10,12-13,16-18,20-22H2,1-3H3,(H,39,44)/t25-,30-,31?,32?,33?/m0/s1. The largest absolute Gasteiger partial charge is 0.396 e. The van der Waals surface area contributed by atoms with Crippen LogP contribution in [0.1, 0.15) is 74.0 Å². The molecule has 6 heteroatoms. The zero-order chi connectivity index (χ0) is 30.6. The molecule has 3 aromatic rings. The number of carbonyl (C=O) groups is 1. The Bertz CT molecular complexity index is 1610. The van der Waals surface area contributed by atoms with Crippen LogP contribution < -0.4 is 5.56 Å². The van der Waals surface area contributed by atoms with E-state index in [1.165, 1.54) is 23.2 Å². The first kappa shape index (κ1) is 29.4. The lowest BCUT2D eigenvalue weighted by Gasteiger charge is -2.34. The topological polar surface area (TPSA) is 86.3 Å². The molecule has 0 spiro atoms. The van der Waals surface area contributed by atoms with Crippen molar-refractivity contribution < 1.29 is 9.90 Å². The van der Waals surface area contributed by atoms with Gasteiger partial charge in [-0.2, -0.15) is 0 Å². The van der Waals surface area contributed by atoms with Gasteiger partial charge in [0.25, 0.3) is 0 Å². The third kappa shape index (κ3) is 5.87. The minimum absolute atomic E-state index is 0.110. The van der Waals surface area contributed by atoms with E-state index in [-0.39, 0.29) is 22.7 Å². The van der Waals surface area contributed by atoms with Gasteiger partial charge in [0.05, 0.1) is 5.69 Å². The number of aliphatic hydroxyl groups is 1. The zero-order valence-corrected chi connectivity index (χ0v) is 26.3. The number of hydrogen-bond donors (Lipinski definition) is 2. The summed E-state index contributed by atoms with van der Waals surface area (Å²) >= 11 is 0. The van der Waals surface area contributed by atoms with Crippen molar-refractivity contribution in [1.29, 1.82) is 0 Å². The Labute approximate surface area is 260 Å². The van der Waals surface area contributed by atoms with Gasteiger partial charge in [-0.15, -0.1) is 0 Å². The Morgan fingerprint density at radius 1 is 1.07 bits per heavy atom. The van der Waals surface area contributed by atoms with E-state index in [1.54, 1.807) is 12.3 Å². The van der Waals surface area contributed by atoms with E-state index in [9.17, 15) is 14.7 Å². The van der Waals surface area contributed by atoms with Crippen LogP contribution in [0.5, 0.6) is 0 Å². The highest BCUT2D eigenvalue weighted by molar-refractivity contribution is 6.02. The average molecular weight is 592 g/mol. The van der Waals surface area contributed by atoms with E-state index in [4.69, 9.17) is 4.98 Å². The quantitative estimate of drug-likeness (QED) is 0.327. The van der Waals surface area contributed by atoms with Gasteiger partial charge in [-0.05, 0) is 113 Å². The summed E-state index contributed by atoms with van der Waals surface area (Å²) in [6.07, 6.45) is 9.20. The highest BCUT2D eigenvalue weighted by Crippen LogP contribution is 2.51. The number of rotatable bonds is 9. The fourth-order valence-electron chi connectivity index (χ4n) is 8.14. The molecule has 1 aliphatic heterocycles.